The monoisotopic (exact) mass is 369 g/mol. The second-order valence-corrected chi connectivity index (χ2v) is 7.04. The molecule has 0 spiro atoms. The standard InChI is InChI=1S/C20H27N5O2/c1-15(2)13-21-20(26)25-10-8-24(9-11-25)19-12-18(22-14-23-19)16-4-6-17(27-3)7-5-16/h4-7,12,14-15H,8-11,13H2,1-3H3,(H,21,26). The van der Waals surface area contributed by atoms with Gasteiger partial charge >= 0.3 is 6.03 Å². The average molecular weight is 369 g/mol. The van der Waals surface area contributed by atoms with Crippen LogP contribution in [0, 0.1) is 5.92 Å². The number of ether oxygens (including phenoxy) is 1. The summed E-state index contributed by atoms with van der Waals surface area (Å²) in [5.41, 5.74) is 1.89. The number of carbonyl (C=O) groups is 1. The fourth-order valence-corrected chi connectivity index (χ4v) is 2.98. The molecule has 7 nitrogen and oxygen atoms in total. The molecule has 1 aromatic heterocycles. The number of hydrogen-bond donors (Lipinski definition) is 1. The molecule has 2 heterocycles. The summed E-state index contributed by atoms with van der Waals surface area (Å²) in [6.45, 7) is 7.78. The first-order valence-electron chi connectivity index (χ1n) is 9.31. The first-order chi connectivity index (χ1) is 13.1. The third-order valence-electron chi connectivity index (χ3n) is 4.59. The van der Waals surface area contributed by atoms with E-state index in [1.54, 1.807) is 13.4 Å². The molecule has 3 rings (SSSR count). The minimum absolute atomic E-state index is 0.0185. The molecule has 0 aliphatic carbocycles. The van der Waals surface area contributed by atoms with Crippen LogP contribution in [0.2, 0.25) is 0 Å². The van der Waals surface area contributed by atoms with Crippen LogP contribution in [0.4, 0.5) is 10.6 Å². The van der Waals surface area contributed by atoms with Crippen molar-refractivity contribution in [1.29, 1.82) is 0 Å². The van der Waals surface area contributed by atoms with Gasteiger partial charge in [0.1, 0.15) is 17.9 Å². The second kappa shape index (κ2) is 8.70. The van der Waals surface area contributed by atoms with Crippen LogP contribution >= 0.6 is 0 Å². The lowest BCUT2D eigenvalue weighted by molar-refractivity contribution is 0.193. The molecule has 0 radical (unpaired) electrons. The van der Waals surface area contributed by atoms with Crippen molar-refractivity contribution >= 4 is 11.8 Å². The highest BCUT2D eigenvalue weighted by molar-refractivity contribution is 5.74. The van der Waals surface area contributed by atoms with E-state index in [0.29, 0.717) is 25.6 Å². The zero-order chi connectivity index (χ0) is 19.2. The number of methoxy groups -OCH3 is 1. The van der Waals surface area contributed by atoms with Gasteiger partial charge in [0, 0.05) is 44.4 Å². The molecule has 0 bridgehead atoms. The summed E-state index contributed by atoms with van der Waals surface area (Å²) in [7, 11) is 1.65. The summed E-state index contributed by atoms with van der Waals surface area (Å²) in [4.78, 5) is 25.1. The van der Waals surface area contributed by atoms with Gasteiger partial charge in [0.15, 0.2) is 0 Å². The Morgan fingerprint density at radius 1 is 1.15 bits per heavy atom. The van der Waals surface area contributed by atoms with Crippen molar-refractivity contribution in [1.82, 2.24) is 20.2 Å². The van der Waals surface area contributed by atoms with Crippen molar-refractivity contribution in [3.05, 3.63) is 36.7 Å². The van der Waals surface area contributed by atoms with Crippen LogP contribution in [0.5, 0.6) is 5.75 Å². The molecule has 1 aromatic carbocycles. The first kappa shape index (κ1) is 18.9. The van der Waals surface area contributed by atoms with Crippen LogP contribution in [-0.2, 0) is 0 Å². The van der Waals surface area contributed by atoms with Crippen molar-refractivity contribution < 1.29 is 9.53 Å². The Balaban J connectivity index is 1.62. The Morgan fingerprint density at radius 3 is 2.48 bits per heavy atom. The molecule has 0 unspecified atom stereocenters. The van der Waals surface area contributed by atoms with E-state index in [0.717, 1.165) is 35.9 Å². The van der Waals surface area contributed by atoms with Gasteiger partial charge in [-0.2, -0.15) is 0 Å². The Hall–Kier alpha value is -2.83. The number of rotatable bonds is 5. The number of benzene rings is 1. The molecular formula is C20H27N5O2. The van der Waals surface area contributed by atoms with Crippen LogP contribution in [0.1, 0.15) is 13.8 Å². The SMILES string of the molecule is COc1ccc(-c2cc(N3CCN(C(=O)NCC(C)C)CC3)ncn2)cc1. The molecule has 2 amide bonds. The Morgan fingerprint density at radius 2 is 1.85 bits per heavy atom. The van der Waals surface area contributed by atoms with Gasteiger partial charge in [0.2, 0.25) is 0 Å². The van der Waals surface area contributed by atoms with Crippen LogP contribution < -0.4 is 15.0 Å². The number of hydrogen-bond acceptors (Lipinski definition) is 5. The normalized spacial score (nSPS) is 14.4. The Labute approximate surface area is 160 Å². The summed E-state index contributed by atoms with van der Waals surface area (Å²) in [5, 5.41) is 2.98. The number of piperazine rings is 1. The molecule has 1 aliphatic rings. The van der Waals surface area contributed by atoms with Crippen molar-refractivity contribution in [2.45, 2.75) is 13.8 Å². The number of aromatic nitrogens is 2. The maximum atomic E-state index is 12.2. The van der Waals surface area contributed by atoms with Crippen LogP contribution in [-0.4, -0.2) is 60.7 Å². The van der Waals surface area contributed by atoms with E-state index in [1.807, 2.05) is 35.2 Å². The molecule has 1 aliphatic heterocycles. The highest BCUT2D eigenvalue weighted by Crippen LogP contribution is 2.23. The molecule has 0 atom stereocenters. The Kier molecular flexibility index (Phi) is 6.11. The van der Waals surface area contributed by atoms with E-state index in [-0.39, 0.29) is 6.03 Å². The smallest absolute Gasteiger partial charge is 0.317 e. The van der Waals surface area contributed by atoms with E-state index in [1.165, 1.54) is 0 Å². The lowest BCUT2D eigenvalue weighted by atomic mass is 10.1. The highest BCUT2D eigenvalue weighted by atomic mass is 16.5. The van der Waals surface area contributed by atoms with Gasteiger partial charge < -0.3 is 19.9 Å². The average Bonchev–Trinajstić information content (AvgIpc) is 2.72. The number of nitrogens with zero attached hydrogens (tertiary/aromatic N) is 4. The van der Waals surface area contributed by atoms with Gasteiger partial charge in [-0.25, -0.2) is 14.8 Å². The predicted molar refractivity (Wildman–Crippen MR) is 106 cm³/mol. The van der Waals surface area contributed by atoms with Crippen molar-refractivity contribution in [2.75, 3.05) is 44.7 Å². The maximum Gasteiger partial charge on any atom is 0.317 e. The van der Waals surface area contributed by atoms with Gasteiger partial charge in [0.25, 0.3) is 0 Å². The molecule has 144 valence electrons. The second-order valence-electron chi connectivity index (χ2n) is 7.04. The Bertz CT molecular complexity index is 755. The van der Waals surface area contributed by atoms with Gasteiger partial charge in [-0.05, 0) is 30.2 Å². The minimum atomic E-state index is 0.0185. The molecule has 1 fully saturated rings. The van der Waals surface area contributed by atoms with E-state index in [4.69, 9.17) is 4.74 Å². The fraction of sp³-hybridized carbons (Fsp3) is 0.450. The zero-order valence-electron chi connectivity index (χ0n) is 16.2. The molecule has 7 heteroatoms. The molecule has 1 saturated heterocycles. The summed E-state index contributed by atoms with van der Waals surface area (Å²) in [6, 6.07) is 9.84. The minimum Gasteiger partial charge on any atom is -0.497 e. The van der Waals surface area contributed by atoms with Crippen molar-refractivity contribution in [3.8, 4) is 17.0 Å². The lowest BCUT2D eigenvalue weighted by Gasteiger charge is -2.35. The summed E-state index contributed by atoms with van der Waals surface area (Å²) in [5.74, 6) is 2.16. The predicted octanol–water partition coefficient (Wildman–Crippen LogP) is 2.64. The fourth-order valence-electron chi connectivity index (χ4n) is 2.98. The maximum absolute atomic E-state index is 12.2. The van der Waals surface area contributed by atoms with Crippen LogP contribution in [0.3, 0.4) is 0 Å². The number of anilines is 1. The van der Waals surface area contributed by atoms with Crippen molar-refractivity contribution in [3.63, 3.8) is 0 Å². The van der Waals surface area contributed by atoms with Crippen molar-refractivity contribution in [2.24, 2.45) is 5.92 Å². The number of urea groups is 1. The molecule has 2 aromatic rings. The highest BCUT2D eigenvalue weighted by Gasteiger charge is 2.22. The number of carbonyl (C=O) groups excluding carboxylic acids is 1. The zero-order valence-corrected chi connectivity index (χ0v) is 16.2. The molecule has 0 saturated carbocycles. The van der Waals surface area contributed by atoms with Gasteiger partial charge in [0.05, 0.1) is 12.8 Å². The summed E-state index contributed by atoms with van der Waals surface area (Å²) >= 11 is 0. The van der Waals surface area contributed by atoms with Gasteiger partial charge in [-0.3, -0.25) is 0 Å². The van der Waals surface area contributed by atoms with Gasteiger partial charge in [-0.1, -0.05) is 13.8 Å². The number of nitrogens with one attached hydrogen (secondary N) is 1. The van der Waals surface area contributed by atoms with Crippen LogP contribution in [0.15, 0.2) is 36.7 Å². The lowest BCUT2D eigenvalue weighted by Crippen LogP contribution is -2.52. The van der Waals surface area contributed by atoms with E-state index in [9.17, 15) is 4.79 Å². The van der Waals surface area contributed by atoms with E-state index < -0.39 is 0 Å². The number of amides is 2. The quantitative estimate of drug-likeness (QED) is 0.877. The van der Waals surface area contributed by atoms with Crippen LogP contribution in [0.25, 0.3) is 11.3 Å². The molecule has 1 N–H and O–H groups in total. The first-order valence-corrected chi connectivity index (χ1v) is 9.31. The summed E-state index contributed by atoms with van der Waals surface area (Å²) < 4.78 is 5.21. The van der Waals surface area contributed by atoms with E-state index in [2.05, 4.69) is 34.0 Å². The largest absolute Gasteiger partial charge is 0.497 e. The van der Waals surface area contributed by atoms with Gasteiger partial charge in [-0.15, -0.1) is 0 Å². The third kappa shape index (κ3) is 4.87. The molecule has 27 heavy (non-hydrogen) atoms. The molecular weight excluding hydrogens is 342 g/mol. The topological polar surface area (TPSA) is 70.6 Å². The summed E-state index contributed by atoms with van der Waals surface area (Å²) in [6.07, 6.45) is 1.59. The van der Waals surface area contributed by atoms with E-state index >= 15 is 0 Å². The third-order valence-corrected chi connectivity index (χ3v) is 4.59.